The molecule has 8 heteroatoms. The first-order valence-corrected chi connectivity index (χ1v) is 7.22. The van der Waals surface area contributed by atoms with E-state index in [0.29, 0.717) is 12.2 Å². The second-order valence-electron chi connectivity index (χ2n) is 4.95. The Labute approximate surface area is 136 Å². The first-order chi connectivity index (χ1) is 11.5. The smallest absolute Gasteiger partial charge is 0.244 e. The summed E-state index contributed by atoms with van der Waals surface area (Å²) in [5, 5.41) is 15.8. The highest BCUT2D eigenvalue weighted by molar-refractivity contribution is 5.91. The molecule has 2 N–H and O–H groups in total. The zero-order chi connectivity index (χ0) is 17.7. The molecule has 0 fully saturated rings. The van der Waals surface area contributed by atoms with Crippen LogP contribution in [0.1, 0.15) is 24.2 Å². The summed E-state index contributed by atoms with van der Waals surface area (Å²) in [6.07, 6.45) is 4.32. The minimum absolute atomic E-state index is 0.0748. The van der Waals surface area contributed by atoms with Crippen molar-refractivity contribution in [1.29, 1.82) is 0 Å². The number of carbonyl (C=O) groups is 1. The lowest BCUT2D eigenvalue weighted by atomic mass is 10.1. The predicted octanol–water partition coefficient (Wildman–Crippen LogP) is 2.18. The molecular formula is C16H16F3N3O2. The third-order valence-electron chi connectivity index (χ3n) is 3.36. The minimum Gasteiger partial charge on any atom is -0.394 e. The number of rotatable bonds is 6. The molecular weight excluding hydrogens is 323 g/mol. The second kappa shape index (κ2) is 7.78. The van der Waals surface area contributed by atoms with Crippen LogP contribution in [0, 0.1) is 17.5 Å². The summed E-state index contributed by atoms with van der Waals surface area (Å²) in [6.45, 7) is 1.92. The number of hydrogen-bond acceptors (Lipinski definition) is 3. The number of hydrogen-bond donors (Lipinski definition) is 2. The van der Waals surface area contributed by atoms with Gasteiger partial charge in [0.25, 0.3) is 0 Å². The molecule has 24 heavy (non-hydrogen) atoms. The van der Waals surface area contributed by atoms with E-state index in [-0.39, 0.29) is 5.56 Å². The Kier molecular flexibility index (Phi) is 5.75. The maximum atomic E-state index is 13.3. The average Bonchev–Trinajstić information content (AvgIpc) is 3.02. The van der Waals surface area contributed by atoms with Gasteiger partial charge >= 0.3 is 0 Å². The SMILES string of the molecule is CCn1nccc1/C=C/C(=O)NC(CO)c1cc(F)c(F)c(F)c1. The molecule has 1 atom stereocenters. The van der Waals surface area contributed by atoms with Gasteiger partial charge in [0, 0.05) is 18.8 Å². The number of aliphatic hydroxyl groups excluding tert-OH is 1. The highest BCUT2D eigenvalue weighted by atomic mass is 19.2. The Morgan fingerprint density at radius 3 is 2.62 bits per heavy atom. The van der Waals surface area contributed by atoms with Gasteiger partial charge in [0.05, 0.1) is 18.3 Å². The number of benzene rings is 1. The van der Waals surface area contributed by atoms with Crippen molar-refractivity contribution in [3.05, 3.63) is 59.2 Å². The van der Waals surface area contributed by atoms with E-state index in [0.717, 1.165) is 12.1 Å². The van der Waals surface area contributed by atoms with Crippen LogP contribution in [0.3, 0.4) is 0 Å². The van der Waals surface area contributed by atoms with Gasteiger partial charge in [0.2, 0.25) is 5.91 Å². The van der Waals surface area contributed by atoms with Crippen molar-refractivity contribution in [2.24, 2.45) is 0 Å². The van der Waals surface area contributed by atoms with Crippen molar-refractivity contribution < 1.29 is 23.1 Å². The zero-order valence-corrected chi connectivity index (χ0v) is 12.8. The molecule has 1 aromatic heterocycles. The van der Waals surface area contributed by atoms with E-state index in [1.807, 2.05) is 6.92 Å². The van der Waals surface area contributed by atoms with E-state index in [1.54, 1.807) is 16.9 Å². The fourth-order valence-electron chi connectivity index (χ4n) is 2.14. The fourth-order valence-corrected chi connectivity index (χ4v) is 2.14. The van der Waals surface area contributed by atoms with Crippen LogP contribution in [-0.4, -0.2) is 27.4 Å². The summed E-state index contributed by atoms with van der Waals surface area (Å²) in [5.74, 6) is -4.96. The van der Waals surface area contributed by atoms with Gasteiger partial charge in [-0.1, -0.05) is 0 Å². The Balaban J connectivity index is 2.11. The van der Waals surface area contributed by atoms with Gasteiger partial charge in [-0.2, -0.15) is 5.10 Å². The molecule has 1 unspecified atom stereocenters. The van der Waals surface area contributed by atoms with Crippen LogP contribution in [0.25, 0.3) is 6.08 Å². The van der Waals surface area contributed by atoms with E-state index in [1.165, 1.54) is 12.2 Å². The molecule has 1 aromatic carbocycles. The predicted molar refractivity (Wildman–Crippen MR) is 81.2 cm³/mol. The van der Waals surface area contributed by atoms with Gasteiger partial charge in [0.1, 0.15) is 0 Å². The second-order valence-corrected chi connectivity index (χ2v) is 4.95. The number of amides is 1. The molecule has 1 amide bonds. The molecule has 5 nitrogen and oxygen atoms in total. The number of nitrogens with zero attached hydrogens (tertiary/aromatic N) is 2. The summed E-state index contributed by atoms with van der Waals surface area (Å²) in [7, 11) is 0. The van der Waals surface area contributed by atoms with E-state index in [2.05, 4.69) is 10.4 Å². The van der Waals surface area contributed by atoms with Crippen LogP contribution in [-0.2, 0) is 11.3 Å². The number of aromatic nitrogens is 2. The van der Waals surface area contributed by atoms with Crippen molar-refractivity contribution in [2.75, 3.05) is 6.61 Å². The van der Waals surface area contributed by atoms with Crippen molar-refractivity contribution in [1.82, 2.24) is 15.1 Å². The molecule has 0 aliphatic carbocycles. The van der Waals surface area contributed by atoms with Crippen molar-refractivity contribution >= 4 is 12.0 Å². The summed E-state index contributed by atoms with van der Waals surface area (Å²) < 4.78 is 41.2. The lowest BCUT2D eigenvalue weighted by Gasteiger charge is -2.16. The molecule has 1 heterocycles. The number of carbonyl (C=O) groups excluding carboxylic acids is 1. The third-order valence-corrected chi connectivity index (χ3v) is 3.36. The highest BCUT2D eigenvalue weighted by Crippen LogP contribution is 2.19. The Morgan fingerprint density at radius 2 is 2.04 bits per heavy atom. The first-order valence-electron chi connectivity index (χ1n) is 7.22. The van der Waals surface area contributed by atoms with Crippen molar-refractivity contribution in [3.8, 4) is 0 Å². The summed E-state index contributed by atoms with van der Waals surface area (Å²) in [6, 6.07) is 2.11. The topological polar surface area (TPSA) is 67.2 Å². The lowest BCUT2D eigenvalue weighted by Crippen LogP contribution is -2.29. The molecule has 2 rings (SSSR count). The van der Waals surface area contributed by atoms with E-state index in [4.69, 9.17) is 0 Å². The third kappa shape index (κ3) is 4.02. The molecule has 0 spiro atoms. The van der Waals surface area contributed by atoms with Crippen molar-refractivity contribution in [2.45, 2.75) is 19.5 Å². The van der Waals surface area contributed by atoms with E-state index in [9.17, 15) is 23.1 Å². The normalized spacial score (nSPS) is 12.5. The average molecular weight is 339 g/mol. The molecule has 0 saturated carbocycles. The molecule has 2 aromatic rings. The number of aliphatic hydroxyl groups is 1. The van der Waals surface area contributed by atoms with Crippen molar-refractivity contribution in [3.63, 3.8) is 0 Å². The van der Waals surface area contributed by atoms with Gasteiger partial charge in [-0.05, 0) is 36.8 Å². The van der Waals surface area contributed by atoms with Gasteiger partial charge < -0.3 is 10.4 Å². The Morgan fingerprint density at radius 1 is 1.38 bits per heavy atom. The van der Waals surface area contributed by atoms with Crippen LogP contribution in [0.2, 0.25) is 0 Å². The summed E-state index contributed by atoms with van der Waals surface area (Å²) >= 11 is 0. The van der Waals surface area contributed by atoms with Crippen LogP contribution in [0.4, 0.5) is 13.2 Å². The number of aryl methyl sites for hydroxylation is 1. The van der Waals surface area contributed by atoms with E-state index < -0.39 is 36.0 Å². The molecule has 128 valence electrons. The Hall–Kier alpha value is -2.61. The first kappa shape index (κ1) is 17.7. The molecule has 0 bridgehead atoms. The molecule has 0 radical (unpaired) electrons. The molecule has 0 saturated heterocycles. The van der Waals surface area contributed by atoms with Crippen LogP contribution >= 0.6 is 0 Å². The standard InChI is InChI=1S/C16H16F3N3O2/c1-2-22-11(5-6-20-22)3-4-15(24)21-14(9-23)10-7-12(17)16(19)13(18)8-10/h3-8,14,23H,2,9H2,1H3,(H,21,24)/b4-3+. The van der Waals surface area contributed by atoms with Gasteiger partial charge in [-0.15, -0.1) is 0 Å². The monoisotopic (exact) mass is 339 g/mol. The summed E-state index contributed by atoms with van der Waals surface area (Å²) in [4.78, 5) is 11.9. The number of halogens is 3. The maximum absolute atomic E-state index is 13.3. The summed E-state index contributed by atoms with van der Waals surface area (Å²) in [5.41, 5.74) is 0.626. The Bertz CT molecular complexity index is 736. The van der Waals surface area contributed by atoms with E-state index >= 15 is 0 Å². The van der Waals surface area contributed by atoms with Gasteiger partial charge in [0.15, 0.2) is 17.5 Å². The lowest BCUT2D eigenvalue weighted by molar-refractivity contribution is -0.117. The quantitative estimate of drug-likeness (QED) is 0.626. The van der Waals surface area contributed by atoms with Crippen LogP contribution in [0.5, 0.6) is 0 Å². The highest BCUT2D eigenvalue weighted by Gasteiger charge is 2.18. The fraction of sp³-hybridized carbons (Fsp3) is 0.250. The molecule has 0 aliphatic heterocycles. The minimum atomic E-state index is -1.60. The largest absolute Gasteiger partial charge is 0.394 e. The van der Waals surface area contributed by atoms with Gasteiger partial charge in [-0.3, -0.25) is 9.48 Å². The molecule has 0 aliphatic rings. The van der Waals surface area contributed by atoms with Crippen LogP contribution in [0.15, 0.2) is 30.5 Å². The zero-order valence-electron chi connectivity index (χ0n) is 12.8. The van der Waals surface area contributed by atoms with Gasteiger partial charge in [-0.25, -0.2) is 13.2 Å². The van der Waals surface area contributed by atoms with Crippen LogP contribution < -0.4 is 5.32 Å². The maximum Gasteiger partial charge on any atom is 0.244 e. The number of nitrogens with one attached hydrogen (secondary N) is 1.